The van der Waals surface area contributed by atoms with Crippen LogP contribution < -0.4 is 29.6 Å². The number of carbonyl (C=O) groups excluding carboxylic acids is 1. The van der Waals surface area contributed by atoms with Crippen molar-refractivity contribution in [1.82, 2.24) is 0 Å². The second-order valence-electron chi connectivity index (χ2n) is 2.93. The van der Waals surface area contributed by atoms with E-state index in [-0.39, 0.29) is 40.8 Å². The van der Waals surface area contributed by atoms with E-state index in [0.717, 1.165) is 12.1 Å². The summed E-state index contributed by atoms with van der Waals surface area (Å²) in [5, 5.41) is 10.4. The van der Waals surface area contributed by atoms with E-state index in [0.29, 0.717) is 0 Å². The first kappa shape index (κ1) is 16.2. The minimum atomic E-state index is -4.67. The van der Waals surface area contributed by atoms with Crippen LogP contribution in [0.15, 0.2) is 24.3 Å². The summed E-state index contributed by atoms with van der Waals surface area (Å²) in [5.74, 6) is -2.16. The van der Waals surface area contributed by atoms with E-state index in [1.165, 1.54) is 12.1 Å². The molecule has 86 valence electrons. The Kier molecular flexibility index (Phi) is 5.93. The van der Waals surface area contributed by atoms with Gasteiger partial charge in [0.05, 0.1) is 4.92 Å². The van der Waals surface area contributed by atoms with Crippen LogP contribution in [0, 0.1) is 10.1 Å². The molecular weight excluding hydrogens is 261 g/mol. The van der Waals surface area contributed by atoms with E-state index in [9.17, 15) is 27.9 Å². The van der Waals surface area contributed by atoms with Crippen LogP contribution in [0.4, 0.5) is 5.69 Å². The quantitative estimate of drug-likeness (QED) is 0.193. The molecule has 0 N–H and O–H groups in total. The summed E-state index contributed by atoms with van der Waals surface area (Å²) < 4.78 is 31.0. The molecule has 0 saturated heterocycles. The molecule has 1 aromatic carbocycles. The molecule has 0 aliphatic carbocycles. The second kappa shape index (κ2) is 6.22. The zero-order chi connectivity index (χ0) is 12.3. The average molecular weight is 267 g/mol. The molecule has 0 atom stereocenters. The van der Waals surface area contributed by atoms with Gasteiger partial charge >= 0.3 is 29.6 Å². The maximum Gasteiger partial charge on any atom is 1.00 e. The molecule has 7 nitrogen and oxygen atoms in total. The molecule has 0 unspecified atom stereocenters. The van der Waals surface area contributed by atoms with E-state index in [4.69, 9.17) is 0 Å². The van der Waals surface area contributed by atoms with E-state index in [2.05, 4.69) is 0 Å². The zero-order valence-electron chi connectivity index (χ0n) is 8.82. The number of ketones is 1. The van der Waals surface area contributed by atoms with Crippen molar-refractivity contribution in [3.63, 3.8) is 0 Å². The summed E-state index contributed by atoms with van der Waals surface area (Å²) in [6.45, 7) is 0. The Morgan fingerprint density at radius 3 is 2.41 bits per heavy atom. The topological polar surface area (TPSA) is 117 Å². The van der Waals surface area contributed by atoms with Crippen molar-refractivity contribution in [2.24, 2.45) is 0 Å². The number of benzene rings is 1. The van der Waals surface area contributed by atoms with Crippen molar-refractivity contribution in [3.05, 3.63) is 39.9 Å². The van der Waals surface area contributed by atoms with Gasteiger partial charge in [-0.2, -0.15) is 0 Å². The van der Waals surface area contributed by atoms with Crippen LogP contribution in [0.3, 0.4) is 0 Å². The smallest absolute Gasteiger partial charge is 0.748 e. The fourth-order valence-corrected chi connectivity index (χ4v) is 1.52. The Hall–Kier alpha value is -0.800. The number of nitro groups is 1. The van der Waals surface area contributed by atoms with Crippen LogP contribution in [0.1, 0.15) is 10.4 Å². The van der Waals surface area contributed by atoms with Gasteiger partial charge in [0.1, 0.15) is 15.9 Å². The van der Waals surface area contributed by atoms with E-state index < -0.39 is 26.6 Å². The van der Waals surface area contributed by atoms with Crippen molar-refractivity contribution in [2.45, 2.75) is 0 Å². The SMILES string of the molecule is O=C(CS(=O)(=O)[O-])c1cccc([N+](=O)[O-])c1.[Na+]. The summed E-state index contributed by atoms with van der Waals surface area (Å²) in [5.41, 5.74) is -0.511. The van der Waals surface area contributed by atoms with Crippen molar-refractivity contribution >= 4 is 21.6 Å². The zero-order valence-corrected chi connectivity index (χ0v) is 11.6. The molecule has 1 aromatic rings. The summed E-state index contributed by atoms with van der Waals surface area (Å²) in [6, 6.07) is 4.53. The number of Topliss-reactive ketones (excluding diaryl/α,β-unsaturated/α-hetero) is 1. The Balaban J connectivity index is 0.00000256. The normalized spacial score (nSPS) is 10.4. The van der Waals surface area contributed by atoms with E-state index in [1.54, 1.807) is 0 Å². The first-order valence-electron chi connectivity index (χ1n) is 4.01. The van der Waals surface area contributed by atoms with Crippen LogP contribution in [0.2, 0.25) is 0 Å². The number of nitrogens with zero attached hydrogens (tertiary/aromatic N) is 1. The maximum absolute atomic E-state index is 11.2. The molecule has 0 spiro atoms. The third-order valence-electron chi connectivity index (χ3n) is 1.69. The molecule has 0 bridgehead atoms. The number of hydrogen-bond acceptors (Lipinski definition) is 6. The molecular formula is C8H6NNaO6S. The monoisotopic (exact) mass is 267 g/mol. The number of non-ortho nitro benzene ring substituents is 1. The largest absolute Gasteiger partial charge is 1.00 e. The number of rotatable bonds is 4. The molecule has 0 saturated carbocycles. The average Bonchev–Trinajstić information content (AvgIpc) is 2.15. The molecule has 1 rings (SSSR count). The molecule has 0 heterocycles. The van der Waals surface area contributed by atoms with Crippen LogP contribution in [0.25, 0.3) is 0 Å². The van der Waals surface area contributed by atoms with Crippen molar-refractivity contribution < 1.29 is 52.2 Å². The Labute approximate surface area is 119 Å². The summed E-state index contributed by atoms with van der Waals surface area (Å²) >= 11 is 0. The molecule has 17 heavy (non-hydrogen) atoms. The van der Waals surface area contributed by atoms with E-state index >= 15 is 0 Å². The second-order valence-corrected chi connectivity index (χ2v) is 4.34. The van der Waals surface area contributed by atoms with Crippen LogP contribution >= 0.6 is 0 Å². The van der Waals surface area contributed by atoms with Crippen LogP contribution in [0.5, 0.6) is 0 Å². The predicted molar refractivity (Wildman–Crippen MR) is 52.0 cm³/mol. The third kappa shape index (κ3) is 5.37. The summed E-state index contributed by atoms with van der Waals surface area (Å²) in [4.78, 5) is 20.9. The summed E-state index contributed by atoms with van der Waals surface area (Å²) in [7, 11) is -4.67. The third-order valence-corrected chi connectivity index (χ3v) is 2.30. The van der Waals surface area contributed by atoms with Gasteiger partial charge in [-0.1, -0.05) is 12.1 Å². The number of nitro benzene ring substituents is 1. The Morgan fingerprint density at radius 1 is 1.35 bits per heavy atom. The molecule has 9 heteroatoms. The molecule has 0 aromatic heterocycles. The van der Waals surface area contributed by atoms with Gasteiger partial charge < -0.3 is 4.55 Å². The van der Waals surface area contributed by atoms with Gasteiger partial charge in [0.2, 0.25) is 0 Å². The first-order valence-corrected chi connectivity index (χ1v) is 5.58. The molecule has 0 amide bonds. The predicted octanol–water partition coefficient (Wildman–Crippen LogP) is -2.67. The van der Waals surface area contributed by atoms with Crippen LogP contribution in [-0.4, -0.2) is 29.4 Å². The maximum atomic E-state index is 11.2. The first-order chi connectivity index (χ1) is 7.29. The fraction of sp³-hybridized carbons (Fsp3) is 0.125. The van der Waals surface area contributed by atoms with Gasteiger partial charge in [0, 0.05) is 17.7 Å². The van der Waals surface area contributed by atoms with Crippen LogP contribution in [-0.2, 0) is 10.1 Å². The minimum Gasteiger partial charge on any atom is -0.748 e. The van der Waals surface area contributed by atoms with Crippen molar-refractivity contribution in [2.75, 3.05) is 5.75 Å². The van der Waals surface area contributed by atoms with Gasteiger partial charge in [-0.3, -0.25) is 14.9 Å². The standard InChI is InChI=1S/C8H7NO6S.Na/c10-8(5-16(13,14)15)6-2-1-3-7(4-6)9(11)12;/h1-4H,5H2,(H,13,14,15);/q;+1/p-1. The molecule has 0 radical (unpaired) electrons. The number of carbonyl (C=O) groups is 1. The van der Waals surface area contributed by atoms with E-state index in [1.807, 2.05) is 0 Å². The van der Waals surface area contributed by atoms with Gasteiger partial charge in [-0.05, 0) is 0 Å². The number of hydrogen-bond donors (Lipinski definition) is 0. The molecule has 0 fully saturated rings. The fourth-order valence-electron chi connectivity index (χ4n) is 1.04. The van der Waals surface area contributed by atoms with Gasteiger partial charge in [0.25, 0.3) is 5.69 Å². The Bertz CT molecular complexity index is 541. The Morgan fingerprint density at radius 2 is 1.94 bits per heavy atom. The molecule has 0 aliphatic heterocycles. The van der Waals surface area contributed by atoms with Crippen molar-refractivity contribution in [3.8, 4) is 0 Å². The van der Waals surface area contributed by atoms with Gasteiger partial charge in [0.15, 0.2) is 5.78 Å². The minimum absolute atomic E-state index is 0. The van der Waals surface area contributed by atoms with Gasteiger partial charge in [-0.25, -0.2) is 8.42 Å². The molecule has 0 aliphatic rings. The van der Waals surface area contributed by atoms with Crippen molar-refractivity contribution in [1.29, 1.82) is 0 Å². The van der Waals surface area contributed by atoms with Gasteiger partial charge in [-0.15, -0.1) is 0 Å². The summed E-state index contributed by atoms with van der Waals surface area (Å²) in [6.07, 6.45) is 0.